The van der Waals surface area contributed by atoms with Gasteiger partial charge in [0.2, 0.25) is 5.91 Å². The number of nitrogens with zero attached hydrogens (tertiary/aromatic N) is 3. The van der Waals surface area contributed by atoms with E-state index in [0.29, 0.717) is 28.2 Å². The van der Waals surface area contributed by atoms with Crippen LogP contribution >= 0.6 is 11.8 Å². The second-order valence-corrected chi connectivity index (χ2v) is 6.71. The maximum Gasteiger partial charge on any atom is 0.234 e. The molecule has 1 N–H and O–H groups in total. The molecule has 0 spiro atoms. The molecule has 2 aromatic carbocycles. The first-order valence-corrected chi connectivity index (χ1v) is 9.37. The molecule has 1 heterocycles. The van der Waals surface area contributed by atoms with Gasteiger partial charge in [-0.25, -0.2) is 4.39 Å². The third kappa shape index (κ3) is 5.23. The van der Waals surface area contributed by atoms with E-state index in [1.54, 1.807) is 55.1 Å². The highest BCUT2D eigenvalue weighted by molar-refractivity contribution is 7.99. The zero-order valence-electron chi connectivity index (χ0n) is 15.4. The van der Waals surface area contributed by atoms with Gasteiger partial charge in [0.15, 0.2) is 11.0 Å². The number of ether oxygens (including phenoxy) is 2. The van der Waals surface area contributed by atoms with E-state index in [4.69, 9.17) is 9.47 Å². The number of amides is 1. The van der Waals surface area contributed by atoms with E-state index in [1.807, 2.05) is 0 Å². The standard InChI is InChI=1S/C19H19FN4O3S/c1-24-17(11-27-15-8-6-13(20)7-9-15)22-23-19(24)28-12-18(25)21-14-4-3-5-16(10-14)26-2/h3-10H,11-12H2,1-2H3,(H,21,25). The molecule has 7 nitrogen and oxygen atoms in total. The summed E-state index contributed by atoms with van der Waals surface area (Å²) in [7, 11) is 3.37. The van der Waals surface area contributed by atoms with Crippen molar-refractivity contribution >= 4 is 23.4 Å². The summed E-state index contributed by atoms with van der Waals surface area (Å²) in [4.78, 5) is 12.2. The summed E-state index contributed by atoms with van der Waals surface area (Å²) in [6.07, 6.45) is 0. The maximum absolute atomic E-state index is 12.9. The topological polar surface area (TPSA) is 78.3 Å². The molecule has 1 amide bonds. The Kier molecular flexibility index (Phi) is 6.49. The summed E-state index contributed by atoms with van der Waals surface area (Å²) in [5, 5.41) is 11.6. The molecular formula is C19H19FN4O3S. The smallest absolute Gasteiger partial charge is 0.234 e. The maximum atomic E-state index is 12.9. The predicted octanol–water partition coefficient (Wildman–Crippen LogP) is 3.27. The number of halogens is 1. The summed E-state index contributed by atoms with van der Waals surface area (Å²) in [6, 6.07) is 12.9. The Labute approximate surface area is 165 Å². The summed E-state index contributed by atoms with van der Waals surface area (Å²) in [5.74, 6) is 1.50. The fourth-order valence-corrected chi connectivity index (χ4v) is 3.03. The minimum absolute atomic E-state index is 0.162. The van der Waals surface area contributed by atoms with Crippen molar-refractivity contribution in [3.8, 4) is 11.5 Å². The second-order valence-electron chi connectivity index (χ2n) is 5.77. The molecule has 1 aromatic heterocycles. The van der Waals surface area contributed by atoms with Gasteiger partial charge in [0.1, 0.15) is 23.9 Å². The number of thioether (sulfide) groups is 1. The fraction of sp³-hybridized carbons (Fsp3) is 0.211. The molecule has 0 saturated heterocycles. The minimum atomic E-state index is -0.322. The third-order valence-corrected chi connectivity index (χ3v) is 4.81. The summed E-state index contributed by atoms with van der Waals surface area (Å²) >= 11 is 1.27. The normalized spacial score (nSPS) is 10.5. The average Bonchev–Trinajstić information content (AvgIpc) is 3.05. The van der Waals surface area contributed by atoms with Gasteiger partial charge in [-0.05, 0) is 36.4 Å². The highest BCUT2D eigenvalue weighted by atomic mass is 32.2. The lowest BCUT2D eigenvalue weighted by molar-refractivity contribution is -0.113. The van der Waals surface area contributed by atoms with E-state index in [1.165, 1.54) is 23.9 Å². The molecule has 0 saturated carbocycles. The Balaban J connectivity index is 1.52. The van der Waals surface area contributed by atoms with Crippen LogP contribution in [0.2, 0.25) is 0 Å². The number of aromatic nitrogens is 3. The van der Waals surface area contributed by atoms with Crippen LogP contribution < -0.4 is 14.8 Å². The predicted molar refractivity (Wildman–Crippen MR) is 104 cm³/mol. The number of hydrogen-bond acceptors (Lipinski definition) is 6. The zero-order chi connectivity index (χ0) is 19.9. The summed E-state index contributed by atoms with van der Waals surface area (Å²) < 4.78 is 25.4. The molecule has 146 valence electrons. The van der Waals surface area contributed by atoms with E-state index in [2.05, 4.69) is 15.5 Å². The number of hydrogen-bond donors (Lipinski definition) is 1. The van der Waals surface area contributed by atoms with Crippen LogP contribution in [0.1, 0.15) is 5.82 Å². The molecular weight excluding hydrogens is 383 g/mol. The molecule has 0 aliphatic rings. The van der Waals surface area contributed by atoms with Gasteiger partial charge in [-0.3, -0.25) is 4.79 Å². The van der Waals surface area contributed by atoms with E-state index >= 15 is 0 Å². The van der Waals surface area contributed by atoms with Gasteiger partial charge < -0.3 is 19.4 Å². The van der Waals surface area contributed by atoms with Crippen molar-refractivity contribution in [3.05, 3.63) is 60.2 Å². The lowest BCUT2D eigenvalue weighted by atomic mass is 10.3. The van der Waals surface area contributed by atoms with Crippen LogP contribution in [-0.2, 0) is 18.4 Å². The first-order valence-electron chi connectivity index (χ1n) is 8.38. The van der Waals surface area contributed by atoms with Gasteiger partial charge in [0.05, 0.1) is 12.9 Å². The summed E-state index contributed by atoms with van der Waals surface area (Å²) in [6.45, 7) is 0.186. The molecule has 0 aliphatic heterocycles. The fourth-order valence-electron chi connectivity index (χ4n) is 2.30. The Morgan fingerprint density at radius 2 is 1.96 bits per heavy atom. The second kappa shape index (κ2) is 9.23. The van der Waals surface area contributed by atoms with Crippen molar-refractivity contribution in [1.29, 1.82) is 0 Å². The van der Waals surface area contributed by atoms with Gasteiger partial charge in [-0.15, -0.1) is 10.2 Å². The van der Waals surface area contributed by atoms with Crippen molar-refractivity contribution in [2.24, 2.45) is 7.05 Å². The van der Waals surface area contributed by atoms with Crippen LogP contribution in [0.3, 0.4) is 0 Å². The van der Waals surface area contributed by atoms with Crippen molar-refractivity contribution in [2.75, 3.05) is 18.2 Å². The van der Waals surface area contributed by atoms with Crippen molar-refractivity contribution in [2.45, 2.75) is 11.8 Å². The van der Waals surface area contributed by atoms with Crippen LogP contribution in [0.4, 0.5) is 10.1 Å². The van der Waals surface area contributed by atoms with Crippen LogP contribution in [-0.4, -0.2) is 33.5 Å². The van der Waals surface area contributed by atoms with Gasteiger partial charge in [-0.1, -0.05) is 17.8 Å². The molecule has 0 atom stereocenters. The summed E-state index contributed by atoms with van der Waals surface area (Å²) in [5.41, 5.74) is 0.663. The number of rotatable bonds is 8. The van der Waals surface area contributed by atoms with Crippen LogP contribution in [0.25, 0.3) is 0 Å². The highest BCUT2D eigenvalue weighted by Gasteiger charge is 2.12. The molecule has 0 unspecified atom stereocenters. The highest BCUT2D eigenvalue weighted by Crippen LogP contribution is 2.20. The third-order valence-electron chi connectivity index (χ3n) is 3.79. The number of nitrogens with one attached hydrogen (secondary N) is 1. The van der Waals surface area contributed by atoms with E-state index < -0.39 is 0 Å². The SMILES string of the molecule is COc1cccc(NC(=O)CSc2nnc(COc3ccc(F)cc3)n2C)c1. The van der Waals surface area contributed by atoms with Gasteiger partial charge in [0, 0.05) is 18.8 Å². The van der Waals surface area contributed by atoms with Gasteiger partial charge in [0.25, 0.3) is 0 Å². The molecule has 28 heavy (non-hydrogen) atoms. The Hall–Kier alpha value is -3.07. The van der Waals surface area contributed by atoms with Crippen LogP contribution in [0.15, 0.2) is 53.7 Å². The van der Waals surface area contributed by atoms with E-state index in [9.17, 15) is 9.18 Å². The quantitative estimate of drug-likeness (QED) is 0.583. The van der Waals surface area contributed by atoms with Crippen molar-refractivity contribution in [3.63, 3.8) is 0 Å². The van der Waals surface area contributed by atoms with Gasteiger partial charge in [-0.2, -0.15) is 0 Å². The first kappa shape index (κ1) is 19.7. The number of carbonyl (C=O) groups excluding carboxylic acids is 1. The number of benzene rings is 2. The van der Waals surface area contributed by atoms with Gasteiger partial charge >= 0.3 is 0 Å². The zero-order valence-corrected chi connectivity index (χ0v) is 16.2. The Morgan fingerprint density at radius 1 is 1.18 bits per heavy atom. The van der Waals surface area contributed by atoms with Crippen LogP contribution in [0, 0.1) is 5.82 Å². The molecule has 0 bridgehead atoms. The molecule has 0 aliphatic carbocycles. The van der Waals surface area contributed by atoms with Crippen molar-refractivity contribution in [1.82, 2.24) is 14.8 Å². The van der Waals surface area contributed by atoms with Crippen LogP contribution in [0.5, 0.6) is 11.5 Å². The molecule has 3 rings (SSSR count). The number of anilines is 1. The average molecular weight is 402 g/mol. The molecule has 0 fully saturated rings. The van der Waals surface area contributed by atoms with E-state index in [0.717, 1.165) is 0 Å². The molecule has 0 radical (unpaired) electrons. The number of methoxy groups -OCH3 is 1. The Bertz CT molecular complexity index is 947. The largest absolute Gasteiger partial charge is 0.497 e. The molecule has 3 aromatic rings. The van der Waals surface area contributed by atoms with E-state index in [-0.39, 0.29) is 24.1 Å². The van der Waals surface area contributed by atoms with Crippen molar-refractivity contribution < 1.29 is 18.7 Å². The monoisotopic (exact) mass is 402 g/mol. The minimum Gasteiger partial charge on any atom is -0.497 e. The lowest BCUT2D eigenvalue weighted by Gasteiger charge is -2.08. The Morgan fingerprint density at radius 3 is 2.71 bits per heavy atom. The number of carbonyl (C=O) groups is 1. The first-order chi connectivity index (χ1) is 13.5. The molecule has 9 heteroatoms. The lowest BCUT2D eigenvalue weighted by Crippen LogP contribution is -2.14.